The summed E-state index contributed by atoms with van der Waals surface area (Å²) in [6.45, 7) is 0.370. The zero-order valence-corrected chi connectivity index (χ0v) is 8.76. The average Bonchev–Trinajstić information content (AvgIpc) is 2.38. The monoisotopic (exact) mass is 229 g/mol. The van der Waals surface area contributed by atoms with Gasteiger partial charge in [0.15, 0.2) is 0 Å². The van der Waals surface area contributed by atoms with Crippen molar-refractivity contribution >= 4 is 5.95 Å². The number of pyridine rings is 1. The Morgan fingerprint density at radius 2 is 2.18 bits per heavy atom. The molecule has 0 saturated heterocycles. The van der Waals surface area contributed by atoms with Crippen LogP contribution >= 0.6 is 0 Å². The zero-order valence-electron chi connectivity index (χ0n) is 8.76. The third-order valence-electron chi connectivity index (χ3n) is 1.99. The highest BCUT2D eigenvalue weighted by molar-refractivity contribution is 5.30. The molecule has 0 fully saturated rings. The molecule has 0 bridgehead atoms. The van der Waals surface area contributed by atoms with Crippen LogP contribution in [0.1, 0.15) is 11.4 Å². The normalized spacial score (nSPS) is 9.65. The van der Waals surface area contributed by atoms with E-state index in [0.29, 0.717) is 18.2 Å². The molecular formula is C11H8FN5. The van der Waals surface area contributed by atoms with Gasteiger partial charge in [-0.3, -0.25) is 4.98 Å². The van der Waals surface area contributed by atoms with Gasteiger partial charge in [0, 0.05) is 6.20 Å². The smallest absolute Gasteiger partial charge is 0.224 e. The molecule has 0 aliphatic heterocycles. The fourth-order valence-electron chi connectivity index (χ4n) is 1.19. The number of nitriles is 1. The Balaban J connectivity index is 2.02. The van der Waals surface area contributed by atoms with E-state index in [1.54, 1.807) is 6.07 Å². The predicted molar refractivity (Wildman–Crippen MR) is 58.3 cm³/mol. The number of aromatic nitrogens is 3. The summed E-state index contributed by atoms with van der Waals surface area (Å²) in [6.07, 6.45) is 2.63. The molecule has 2 heterocycles. The standard InChI is InChI=1S/C11H8FN5/c12-8-1-2-10(15-6-8)7-16-11-14-4-3-9(5-13)17-11/h1-4,6H,7H2,(H,14,16,17). The summed E-state index contributed by atoms with van der Waals surface area (Å²) < 4.78 is 12.6. The summed E-state index contributed by atoms with van der Waals surface area (Å²) in [4.78, 5) is 11.8. The molecule has 0 amide bonds. The minimum Gasteiger partial charge on any atom is -0.349 e. The van der Waals surface area contributed by atoms with Crippen LogP contribution in [0.25, 0.3) is 0 Å². The molecule has 0 aromatic carbocycles. The molecule has 0 unspecified atom stereocenters. The first kappa shape index (κ1) is 11.0. The molecule has 2 rings (SSSR count). The highest BCUT2D eigenvalue weighted by Gasteiger charge is 1.99. The largest absolute Gasteiger partial charge is 0.349 e. The van der Waals surface area contributed by atoms with Crippen LogP contribution in [0.4, 0.5) is 10.3 Å². The minimum atomic E-state index is -0.378. The fraction of sp³-hybridized carbons (Fsp3) is 0.0909. The third-order valence-corrected chi connectivity index (χ3v) is 1.99. The lowest BCUT2D eigenvalue weighted by Crippen LogP contribution is -2.05. The van der Waals surface area contributed by atoms with Gasteiger partial charge in [0.2, 0.25) is 5.95 Å². The van der Waals surface area contributed by atoms with E-state index in [-0.39, 0.29) is 11.5 Å². The molecule has 84 valence electrons. The first-order chi connectivity index (χ1) is 8.28. The first-order valence-electron chi connectivity index (χ1n) is 4.85. The molecule has 0 aliphatic rings. The van der Waals surface area contributed by atoms with Gasteiger partial charge >= 0.3 is 0 Å². The van der Waals surface area contributed by atoms with Gasteiger partial charge < -0.3 is 5.32 Å². The molecule has 0 radical (unpaired) electrons. The van der Waals surface area contributed by atoms with Gasteiger partial charge in [0.05, 0.1) is 18.4 Å². The van der Waals surface area contributed by atoms with Crippen molar-refractivity contribution in [2.24, 2.45) is 0 Å². The molecule has 2 aromatic heterocycles. The molecule has 0 saturated carbocycles. The van der Waals surface area contributed by atoms with E-state index in [2.05, 4.69) is 20.3 Å². The lowest BCUT2D eigenvalue weighted by Gasteiger charge is -2.03. The van der Waals surface area contributed by atoms with Crippen molar-refractivity contribution in [2.45, 2.75) is 6.54 Å². The summed E-state index contributed by atoms with van der Waals surface area (Å²) in [5, 5.41) is 11.6. The third kappa shape index (κ3) is 2.95. The maximum Gasteiger partial charge on any atom is 0.224 e. The number of hydrogen-bond acceptors (Lipinski definition) is 5. The second-order valence-electron chi connectivity index (χ2n) is 3.20. The quantitative estimate of drug-likeness (QED) is 0.863. The van der Waals surface area contributed by atoms with Gasteiger partial charge in [-0.1, -0.05) is 0 Å². The summed E-state index contributed by atoms with van der Waals surface area (Å²) in [5.74, 6) is -0.0355. The van der Waals surface area contributed by atoms with Crippen LogP contribution in [0.15, 0.2) is 30.6 Å². The molecule has 2 aromatic rings. The Morgan fingerprint density at radius 3 is 2.88 bits per heavy atom. The first-order valence-corrected chi connectivity index (χ1v) is 4.85. The number of halogens is 1. The Morgan fingerprint density at radius 1 is 1.29 bits per heavy atom. The molecule has 0 atom stereocenters. The van der Waals surface area contributed by atoms with Gasteiger partial charge in [-0.05, 0) is 18.2 Å². The molecule has 1 N–H and O–H groups in total. The van der Waals surface area contributed by atoms with Crippen molar-refractivity contribution in [3.8, 4) is 6.07 Å². The second kappa shape index (κ2) is 4.99. The summed E-state index contributed by atoms with van der Waals surface area (Å²) in [6, 6.07) is 6.33. The maximum atomic E-state index is 12.6. The Hall–Kier alpha value is -2.55. The van der Waals surface area contributed by atoms with Crippen LogP contribution in [0.5, 0.6) is 0 Å². The van der Waals surface area contributed by atoms with Crippen molar-refractivity contribution in [1.29, 1.82) is 5.26 Å². The van der Waals surface area contributed by atoms with Gasteiger partial charge in [-0.25, -0.2) is 14.4 Å². The highest BCUT2D eigenvalue weighted by Crippen LogP contribution is 2.03. The summed E-state index contributed by atoms with van der Waals surface area (Å²) >= 11 is 0. The molecule has 6 heteroatoms. The minimum absolute atomic E-state index is 0.287. The molecule has 0 spiro atoms. The van der Waals surface area contributed by atoms with E-state index in [9.17, 15) is 4.39 Å². The van der Waals surface area contributed by atoms with Gasteiger partial charge in [0.1, 0.15) is 17.6 Å². The lowest BCUT2D eigenvalue weighted by molar-refractivity contribution is 0.619. The predicted octanol–water partition coefficient (Wildman–Crippen LogP) is 1.49. The van der Waals surface area contributed by atoms with Gasteiger partial charge in [-0.15, -0.1) is 0 Å². The number of hydrogen-bond donors (Lipinski definition) is 1. The van der Waals surface area contributed by atoms with E-state index in [4.69, 9.17) is 5.26 Å². The van der Waals surface area contributed by atoms with E-state index < -0.39 is 0 Å². The van der Waals surface area contributed by atoms with Crippen LogP contribution in [0.2, 0.25) is 0 Å². The Labute approximate surface area is 97.0 Å². The van der Waals surface area contributed by atoms with E-state index in [0.717, 1.165) is 6.20 Å². The topological polar surface area (TPSA) is 74.5 Å². The molecule has 5 nitrogen and oxygen atoms in total. The van der Waals surface area contributed by atoms with Gasteiger partial charge in [0.25, 0.3) is 0 Å². The van der Waals surface area contributed by atoms with E-state index >= 15 is 0 Å². The van der Waals surface area contributed by atoms with Crippen LogP contribution in [0.3, 0.4) is 0 Å². The van der Waals surface area contributed by atoms with Crippen molar-refractivity contribution in [1.82, 2.24) is 15.0 Å². The maximum absolute atomic E-state index is 12.6. The Bertz CT molecular complexity index is 547. The number of nitrogens with one attached hydrogen (secondary N) is 1. The molecular weight excluding hydrogens is 221 g/mol. The summed E-state index contributed by atoms with van der Waals surface area (Å²) in [7, 11) is 0. The summed E-state index contributed by atoms with van der Waals surface area (Å²) in [5.41, 5.74) is 0.951. The van der Waals surface area contributed by atoms with Crippen molar-refractivity contribution in [3.05, 3.63) is 47.8 Å². The fourth-order valence-corrected chi connectivity index (χ4v) is 1.19. The average molecular weight is 229 g/mol. The SMILES string of the molecule is N#Cc1ccnc(NCc2ccc(F)cn2)n1. The molecule has 0 aliphatic carbocycles. The zero-order chi connectivity index (χ0) is 12.1. The van der Waals surface area contributed by atoms with Crippen LogP contribution in [-0.2, 0) is 6.54 Å². The van der Waals surface area contributed by atoms with E-state index in [1.165, 1.54) is 18.3 Å². The van der Waals surface area contributed by atoms with Crippen molar-refractivity contribution in [2.75, 3.05) is 5.32 Å². The highest BCUT2D eigenvalue weighted by atomic mass is 19.1. The van der Waals surface area contributed by atoms with Crippen LogP contribution in [-0.4, -0.2) is 15.0 Å². The number of rotatable bonds is 3. The molecule has 17 heavy (non-hydrogen) atoms. The van der Waals surface area contributed by atoms with Gasteiger partial charge in [-0.2, -0.15) is 5.26 Å². The number of anilines is 1. The lowest BCUT2D eigenvalue weighted by atomic mass is 10.3. The number of nitrogens with zero attached hydrogens (tertiary/aromatic N) is 4. The van der Waals surface area contributed by atoms with Crippen LogP contribution < -0.4 is 5.32 Å². The second-order valence-corrected chi connectivity index (χ2v) is 3.20. The van der Waals surface area contributed by atoms with Crippen molar-refractivity contribution < 1.29 is 4.39 Å². The van der Waals surface area contributed by atoms with E-state index in [1.807, 2.05) is 6.07 Å². The van der Waals surface area contributed by atoms with Crippen LogP contribution in [0, 0.1) is 17.1 Å². The van der Waals surface area contributed by atoms with Crippen molar-refractivity contribution in [3.63, 3.8) is 0 Å². The Kier molecular flexibility index (Phi) is 3.21.